The van der Waals surface area contributed by atoms with Crippen molar-refractivity contribution in [1.29, 1.82) is 0 Å². The van der Waals surface area contributed by atoms with Crippen molar-refractivity contribution in [2.75, 3.05) is 11.4 Å². The highest BCUT2D eigenvalue weighted by atomic mass is 16.2. The van der Waals surface area contributed by atoms with Crippen molar-refractivity contribution in [1.82, 2.24) is 0 Å². The van der Waals surface area contributed by atoms with E-state index < -0.39 is 0 Å². The Labute approximate surface area is 98.3 Å². The summed E-state index contributed by atoms with van der Waals surface area (Å²) in [4.78, 5) is 14.1. The summed E-state index contributed by atoms with van der Waals surface area (Å²) in [6.07, 6.45) is 0. The van der Waals surface area contributed by atoms with Gasteiger partial charge in [-0.3, -0.25) is 4.79 Å². The molecule has 0 unspecified atom stereocenters. The van der Waals surface area contributed by atoms with Gasteiger partial charge in [-0.2, -0.15) is 0 Å². The molecule has 16 heavy (non-hydrogen) atoms. The number of carbonyl (C=O) groups is 1. The van der Waals surface area contributed by atoms with Gasteiger partial charge >= 0.3 is 0 Å². The van der Waals surface area contributed by atoms with E-state index in [9.17, 15) is 4.79 Å². The molecule has 88 valence electrons. The van der Waals surface area contributed by atoms with Crippen LogP contribution in [-0.4, -0.2) is 12.5 Å². The van der Waals surface area contributed by atoms with Crippen molar-refractivity contribution in [2.24, 2.45) is 5.41 Å². The van der Waals surface area contributed by atoms with E-state index in [1.807, 2.05) is 63.8 Å². The molecule has 0 bridgehead atoms. The maximum absolute atomic E-state index is 12.3. The van der Waals surface area contributed by atoms with Crippen LogP contribution in [0.15, 0.2) is 24.3 Å². The molecule has 0 saturated heterocycles. The Hall–Kier alpha value is -1.31. The lowest BCUT2D eigenvalue weighted by molar-refractivity contribution is -0.125. The molecule has 0 aliphatic rings. The summed E-state index contributed by atoms with van der Waals surface area (Å²) in [5, 5.41) is 0. The van der Waals surface area contributed by atoms with E-state index in [1.54, 1.807) is 0 Å². The average molecular weight is 219 g/mol. The largest absolute Gasteiger partial charge is 0.312 e. The van der Waals surface area contributed by atoms with Crippen LogP contribution in [0.5, 0.6) is 0 Å². The van der Waals surface area contributed by atoms with Gasteiger partial charge in [0.1, 0.15) is 0 Å². The summed E-state index contributed by atoms with van der Waals surface area (Å²) < 4.78 is 0. The zero-order valence-corrected chi connectivity index (χ0v) is 10.9. The lowest BCUT2D eigenvalue weighted by atomic mass is 9.94. The summed E-state index contributed by atoms with van der Waals surface area (Å²) in [6.45, 7) is 10.6. The van der Waals surface area contributed by atoms with Crippen molar-refractivity contribution in [2.45, 2.75) is 34.6 Å². The first-order valence-electron chi connectivity index (χ1n) is 5.75. The topological polar surface area (TPSA) is 20.3 Å². The second-order valence-corrected chi connectivity index (χ2v) is 5.09. The molecule has 0 atom stereocenters. The summed E-state index contributed by atoms with van der Waals surface area (Å²) >= 11 is 0. The van der Waals surface area contributed by atoms with E-state index in [1.165, 1.54) is 0 Å². The Kier molecular flexibility index (Phi) is 3.74. The zero-order chi connectivity index (χ0) is 12.3. The molecule has 0 radical (unpaired) electrons. The minimum Gasteiger partial charge on any atom is -0.312 e. The third kappa shape index (κ3) is 2.63. The van der Waals surface area contributed by atoms with Crippen LogP contribution in [0, 0.1) is 12.3 Å². The van der Waals surface area contributed by atoms with Gasteiger partial charge in [-0.05, 0) is 25.5 Å². The fourth-order valence-electron chi connectivity index (χ4n) is 1.69. The van der Waals surface area contributed by atoms with Gasteiger partial charge < -0.3 is 4.90 Å². The number of aryl methyl sites for hydroxylation is 1. The van der Waals surface area contributed by atoms with Crippen LogP contribution in [0.25, 0.3) is 0 Å². The number of hydrogen-bond donors (Lipinski definition) is 0. The molecule has 0 aliphatic heterocycles. The molecule has 0 aliphatic carbocycles. The lowest BCUT2D eigenvalue weighted by Crippen LogP contribution is -2.39. The standard InChI is InChI=1S/C14H21NO/c1-6-15(13(16)14(3,4)5)12-10-8-7-9-11(12)2/h7-10H,6H2,1-5H3. The highest BCUT2D eigenvalue weighted by molar-refractivity contribution is 5.97. The Balaban J connectivity index is 3.09. The molecule has 0 heterocycles. The SMILES string of the molecule is CCN(C(=O)C(C)(C)C)c1ccccc1C. The lowest BCUT2D eigenvalue weighted by Gasteiger charge is -2.29. The van der Waals surface area contributed by atoms with Crippen molar-refractivity contribution >= 4 is 11.6 Å². The second-order valence-electron chi connectivity index (χ2n) is 5.09. The van der Waals surface area contributed by atoms with Gasteiger partial charge in [0.15, 0.2) is 0 Å². The Morgan fingerprint density at radius 1 is 1.25 bits per heavy atom. The van der Waals surface area contributed by atoms with Gasteiger partial charge in [0.25, 0.3) is 0 Å². The fourth-order valence-corrected chi connectivity index (χ4v) is 1.69. The summed E-state index contributed by atoms with van der Waals surface area (Å²) in [5.74, 6) is 0.171. The molecule has 1 aromatic rings. The molecule has 0 spiro atoms. The van der Waals surface area contributed by atoms with E-state index in [2.05, 4.69) is 0 Å². The number of para-hydroxylation sites is 1. The molecule has 1 amide bonds. The fraction of sp³-hybridized carbons (Fsp3) is 0.500. The molecular formula is C14H21NO. The third-order valence-corrected chi connectivity index (χ3v) is 2.61. The van der Waals surface area contributed by atoms with Crippen molar-refractivity contribution in [3.8, 4) is 0 Å². The first-order chi connectivity index (χ1) is 7.38. The normalized spacial score (nSPS) is 11.3. The zero-order valence-electron chi connectivity index (χ0n) is 10.9. The van der Waals surface area contributed by atoms with Crippen LogP contribution in [0.4, 0.5) is 5.69 Å². The van der Waals surface area contributed by atoms with Gasteiger partial charge in [-0.15, -0.1) is 0 Å². The van der Waals surface area contributed by atoms with E-state index >= 15 is 0 Å². The van der Waals surface area contributed by atoms with Crippen molar-refractivity contribution in [3.63, 3.8) is 0 Å². The van der Waals surface area contributed by atoms with Gasteiger partial charge in [0.2, 0.25) is 5.91 Å². The first kappa shape index (κ1) is 12.8. The monoisotopic (exact) mass is 219 g/mol. The summed E-state index contributed by atoms with van der Waals surface area (Å²) in [5.41, 5.74) is 1.82. The van der Waals surface area contributed by atoms with Gasteiger partial charge in [-0.25, -0.2) is 0 Å². The maximum atomic E-state index is 12.3. The third-order valence-electron chi connectivity index (χ3n) is 2.61. The second kappa shape index (κ2) is 4.69. The molecule has 1 rings (SSSR count). The van der Waals surface area contributed by atoms with Crippen LogP contribution in [0.3, 0.4) is 0 Å². The maximum Gasteiger partial charge on any atom is 0.232 e. The Morgan fingerprint density at radius 3 is 2.25 bits per heavy atom. The van der Waals surface area contributed by atoms with Crippen LogP contribution in [0.2, 0.25) is 0 Å². The highest BCUT2D eigenvalue weighted by Gasteiger charge is 2.27. The van der Waals surface area contributed by atoms with Crippen LogP contribution >= 0.6 is 0 Å². The van der Waals surface area contributed by atoms with Gasteiger partial charge in [0.05, 0.1) is 0 Å². The van der Waals surface area contributed by atoms with E-state index in [0.717, 1.165) is 11.3 Å². The number of rotatable bonds is 2. The Bertz CT molecular complexity index is 377. The highest BCUT2D eigenvalue weighted by Crippen LogP contribution is 2.25. The van der Waals surface area contributed by atoms with E-state index in [4.69, 9.17) is 0 Å². The molecule has 0 saturated carbocycles. The molecule has 0 N–H and O–H groups in total. The number of nitrogens with zero attached hydrogens (tertiary/aromatic N) is 1. The van der Waals surface area contributed by atoms with Crippen molar-refractivity contribution < 1.29 is 4.79 Å². The summed E-state index contributed by atoms with van der Waals surface area (Å²) in [7, 11) is 0. The van der Waals surface area contributed by atoms with Gasteiger partial charge in [-0.1, -0.05) is 39.0 Å². The van der Waals surface area contributed by atoms with Crippen LogP contribution < -0.4 is 4.90 Å². The first-order valence-corrected chi connectivity index (χ1v) is 5.75. The number of amides is 1. The number of hydrogen-bond acceptors (Lipinski definition) is 1. The van der Waals surface area contributed by atoms with E-state index in [0.29, 0.717) is 6.54 Å². The molecule has 2 nitrogen and oxygen atoms in total. The molecule has 1 aromatic carbocycles. The molecule has 0 fully saturated rings. The molecular weight excluding hydrogens is 198 g/mol. The minimum atomic E-state index is -0.335. The number of carbonyl (C=O) groups excluding carboxylic acids is 1. The average Bonchev–Trinajstić information content (AvgIpc) is 2.20. The smallest absolute Gasteiger partial charge is 0.232 e. The predicted molar refractivity (Wildman–Crippen MR) is 68.7 cm³/mol. The molecule has 2 heteroatoms. The van der Waals surface area contributed by atoms with Gasteiger partial charge in [0, 0.05) is 17.6 Å². The summed E-state index contributed by atoms with van der Waals surface area (Å²) in [6, 6.07) is 8.01. The van der Waals surface area contributed by atoms with Crippen LogP contribution in [-0.2, 0) is 4.79 Å². The van der Waals surface area contributed by atoms with E-state index in [-0.39, 0.29) is 11.3 Å². The predicted octanol–water partition coefficient (Wildman–Crippen LogP) is 3.39. The molecule has 0 aromatic heterocycles. The number of benzene rings is 1. The Morgan fingerprint density at radius 2 is 1.81 bits per heavy atom. The number of anilines is 1. The minimum absolute atomic E-state index is 0.171. The van der Waals surface area contributed by atoms with Crippen molar-refractivity contribution in [3.05, 3.63) is 29.8 Å². The quantitative estimate of drug-likeness (QED) is 0.746. The van der Waals surface area contributed by atoms with Crippen LogP contribution in [0.1, 0.15) is 33.3 Å².